The Morgan fingerprint density at radius 3 is 2.78 bits per heavy atom. The number of sulfonamides is 1. The van der Waals surface area contributed by atoms with Gasteiger partial charge in [0.15, 0.2) is 0 Å². The Morgan fingerprint density at radius 2 is 2.17 bits per heavy atom. The smallest absolute Gasteiger partial charge is 0.209 e. The molecule has 0 spiro atoms. The lowest BCUT2D eigenvalue weighted by molar-refractivity contribution is 0.449. The van der Waals surface area contributed by atoms with E-state index in [0.717, 1.165) is 0 Å². The summed E-state index contributed by atoms with van der Waals surface area (Å²) < 4.78 is 34.4. The molecule has 0 saturated heterocycles. The third-order valence-electron chi connectivity index (χ3n) is 2.51. The number of phenolic OH excluding ortho intramolecular Hbond substituents is 1. The molecule has 0 radical (unpaired) electrons. The standard InChI is InChI=1S/C11H17FN2O3S/c1-8(14-5-2-6-18(13,16)17)10-7-9(12)3-4-11(10)15/h3-4,7-8,14-15H,2,5-6H2,1H3,(H2,13,16,17). The second-order valence-corrected chi connectivity index (χ2v) is 5.83. The van der Waals surface area contributed by atoms with E-state index in [-0.39, 0.29) is 17.5 Å². The summed E-state index contributed by atoms with van der Waals surface area (Å²) >= 11 is 0. The van der Waals surface area contributed by atoms with Gasteiger partial charge in [-0.05, 0) is 38.1 Å². The van der Waals surface area contributed by atoms with Crippen molar-refractivity contribution in [1.82, 2.24) is 5.32 Å². The summed E-state index contributed by atoms with van der Waals surface area (Å²) in [6.45, 7) is 2.17. The summed E-state index contributed by atoms with van der Waals surface area (Å²) in [5.41, 5.74) is 0.436. The number of primary sulfonamides is 1. The van der Waals surface area contributed by atoms with Crippen LogP contribution in [0.4, 0.5) is 4.39 Å². The zero-order valence-corrected chi connectivity index (χ0v) is 10.9. The molecule has 1 aromatic rings. The number of rotatable bonds is 6. The number of hydrogen-bond donors (Lipinski definition) is 3. The van der Waals surface area contributed by atoms with Gasteiger partial charge < -0.3 is 10.4 Å². The Morgan fingerprint density at radius 1 is 1.50 bits per heavy atom. The van der Waals surface area contributed by atoms with Crippen molar-refractivity contribution in [2.75, 3.05) is 12.3 Å². The van der Waals surface area contributed by atoms with E-state index in [9.17, 15) is 17.9 Å². The molecule has 4 N–H and O–H groups in total. The molecule has 1 unspecified atom stereocenters. The first-order valence-corrected chi connectivity index (χ1v) is 7.23. The van der Waals surface area contributed by atoms with Crippen LogP contribution < -0.4 is 10.5 Å². The molecule has 0 saturated carbocycles. The number of hydrogen-bond acceptors (Lipinski definition) is 4. The van der Waals surface area contributed by atoms with Gasteiger partial charge in [0.05, 0.1) is 5.75 Å². The molecule has 18 heavy (non-hydrogen) atoms. The molecule has 5 nitrogen and oxygen atoms in total. The topological polar surface area (TPSA) is 92.4 Å². The van der Waals surface area contributed by atoms with Crippen LogP contribution in [-0.4, -0.2) is 25.8 Å². The van der Waals surface area contributed by atoms with Gasteiger partial charge in [0, 0.05) is 11.6 Å². The fourth-order valence-corrected chi connectivity index (χ4v) is 2.12. The predicted octanol–water partition coefficient (Wildman–Crippen LogP) is 0.861. The minimum atomic E-state index is -3.45. The van der Waals surface area contributed by atoms with Gasteiger partial charge in [-0.15, -0.1) is 0 Å². The molecule has 7 heteroatoms. The molecular weight excluding hydrogens is 259 g/mol. The van der Waals surface area contributed by atoms with E-state index in [1.54, 1.807) is 6.92 Å². The molecule has 0 aromatic heterocycles. The molecule has 0 bridgehead atoms. The van der Waals surface area contributed by atoms with Gasteiger partial charge in [-0.2, -0.15) is 0 Å². The van der Waals surface area contributed by atoms with Crippen molar-refractivity contribution in [3.63, 3.8) is 0 Å². The van der Waals surface area contributed by atoms with Crippen molar-refractivity contribution in [2.45, 2.75) is 19.4 Å². The third kappa shape index (κ3) is 4.99. The SMILES string of the molecule is CC(NCCCS(N)(=O)=O)c1cc(F)ccc1O. The van der Waals surface area contributed by atoms with E-state index in [1.165, 1.54) is 18.2 Å². The lowest BCUT2D eigenvalue weighted by Gasteiger charge is -2.15. The van der Waals surface area contributed by atoms with E-state index < -0.39 is 15.8 Å². The molecule has 102 valence electrons. The first-order chi connectivity index (χ1) is 8.29. The van der Waals surface area contributed by atoms with Gasteiger partial charge in [-0.1, -0.05) is 0 Å². The molecule has 0 fully saturated rings. The fourth-order valence-electron chi connectivity index (χ4n) is 1.57. The molecule has 0 amide bonds. The maximum atomic E-state index is 13.0. The molecule has 0 aliphatic heterocycles. The minimum absolute atomic E-state index is 0.00264. The van der Waals surface area contributed by atoms with Crippen LogP contribution >= 0.6 is 0 Å². The van der Waals surface area contributed by atoms with Gasteiger partial charge >= 0.3 is 0 Å². The normalized spacial score (nSPS) is 13.5. The maximum absolute atomic E-state index is 13.0. The number of phenols is 1. The van der Waals surface area contributed by atoms with Crippen LogP contribution in [0.3, 0.4) is 0 Å². The van der Waals surface area contributed by atoms with Crippen molar-refractivity contribution in [2.24, 2.45) is 5.14 Å². The third-order valence-corrected chi connectivity index (χ3v) is 3.37. The van der Waals surface area contributed by atoms with Crippen molar-refractivity contribution >= 4 is 10.0 Å². The fraction of sp³-hybridized carbons (Fsp3) is 0.455. The second kappa shape index (κ2) is 6.12. The highest BCUT2D eigenvalue weighted by molar-refractivity contribution is 7.89. The Bertz CT molecular complexity index is 505. The molecule has 1 atom stereocenters. The van der Waals surface area contributed by atoms with Crippen LogP contribution in [0.5, 0.6) is 5.75 Å². The molecular formula is C11H17FN2O3S. The zero-order valence-electron chi connectivity index (χ0n) is 10.1. The predicted molar refractivity (Wildman–Crippen MR) is 67.1 cm³/mol. The van der Waals surface area contributed by atoms with E-state index in [4.69, 9.17) is 5.14 Å². The van der Waals surface area contributed by atoms with Crippen LogP contribution in [0.2, 0.25) is 0 Å². The van der Waals surface area contributed by atoms with Crippen molar-refractivity contribution in [3.05, 3.63) is 29.6 Å². The highest BCUT2D eigenvalue weighted by atomic mass is 32.2. The van der Waals surface area contributed by atoms with Crippen molar-refractivity contribution in [3.8, 4) is 5.75 Å². The summed E-state index contributed by atoms with van der Waals surface area (Å²) in [6.07, 6.45) is 0.360. The first-order valence-electron chi connectivity index (χ1n) is 5.52. The van der Waals surface area contributed by atoms with E-state index >= 15 is 0 Å². The van der Waals surface area contributed by atoms with Crippen LogP contribution in [0.25, 0.3) is 0 Å². The summed E-state index contributed by atoms with van der Waals surface area (Å²) in [5.74, 6) is -0.536. The molecule has 1 rings (SSSR count). The second-order valence-electron chi connectivity index (χ2n) is 4.10. The van der Waals surface area contributed by atoms with Gasteiger partial charge in [-0.3, -0.25) is 0 Å². The number of aromatic hydroxyl groups is 1. The average Bonchev–Trinajstić information content (AvgIpc) is 2.26. The van der Waals surface area contributed by atoms with Crippen LogP contribution in [-0.2, 0) is 10.0 Å². The maximum Gasteiger partial charge on any atom is 0.209 e. The molecule has 0 aliphatic rings. The average molecular weight is 276 g/mol. The first kappa shape index (κ1) is 14.9. The lowest BCUT2D eigenvalue weighted by atomic mass is 10.1. The molecule has 1 aromatic carbocycles. The summed E-state index contributed by atoms with van der Waals surface area (Å²) in [7, 11) is -3.45. The van der Waals surface area contributed by atoms with E-state index in [1.807, 2.05) is 0 Å². The highest BCUT2D eigenvalue weighted by Crippen LogP contribution is 2.24. The van der Waals surface area contributed by atoms with Crippen LogP contribution in [0.1, 0.15) is 24.9 Å². The summed E-state index contributed by atoms with van der Waals surface area (Å²) in [5, 5.41) is 17.4. The van der Waals surface area contributed by atoms with Crippen LogP contribution in [0, 0.1) is 5.82 Å². The highest BCUT2D eigenvalue weighted by Gasteiger charge is 2.11. The van der Waals surface area contributed by atoms with Gasteiger partial charge in [0.1, 0.15) is 11.6 Å². The zero-order chi connectivity index (χ0) is 13.8. The van der Waals surface area contributed by atoms with Crippen molar-refractivity contribution in [1.29, 1.82) is 0 Å². The summed E-state index contributed by atoms with van der Waals surface area (Å²) in [4.78, 5) is 0. The van der Waals surface area contributed by atoms with Crippen molar-refractivity contribution < 1.29 is 17.9 Å². The Balaban J connectivity index is 2.50. The van der Waals surface area contributed by atoms with Crippen LogP contribution in [0.15, 0.2) is 18.2 Å². The Kier molecular flexibility index (Phi) is 5.06. The number of nitrogens with two attached hydrogens (primary N) is 1. The summed E-state index contributed by atoms with van der Waals surface area (Å²) in [6, 6.07) is 3.42. The number of nitrogens with one attached hydrogen (secondary N) is 1. The lowest BCUT2D eigenvalue weighted by Crippen LogP contribution is -2.24. The molecule has 0 heterocycles. The Hall–Kier alpha value is -1.18. The van der Waals surface area contributed by atoms with Gasteiger partial charge in [0.25, 0.3) is 0 Å². The quantitative estimate of drug-likeness (QED) is 0.672. The van der Waals surface area contributed by atoms with E-state index in [0.29, 0.717) is 18.5 Å². The number of halogens is 1. The van der Waals surface area contributed by atoms with E-state index in [2.05, 4.69) is 5.32 Å². The largest absolute Gasteiger partial charge is 0.508 e. The molecule has 0 aliphatic carbocycles. The Labute approximate surface area is 106 Å². The van der Waals surface area contributed by atoms with Gasteiger partial charge in [0.2, 0.25) is 10.0 Å². The minimum Gasteiger partial charge on any atom is -0.508 e. The number of benzene rings is 1. The van der Waals surface area contributed by atoms with Gasteiger partial charge in [-0.25, -0.2) is 17.9 Å². The monoisotopic (exact) mass is 276 g/mol.